The van der Waals surface area contributed by atoms with Gasteiger partial charge in [0, 0.05) is 36.0 Å². The summed E-state index contributed by atoms with van der Waals surface area (Å²) in [6.45, 7) is 26.0. The maximum Gasteiger partial charge on any atom is 0.122 e. The first kappa shape index (κ1) is 29.1. The molecule has 2 nitrogen and oxygen atoms in total. The quantitative estimate of drug-likeness (QED) is 0.468. The Labute approximate surface area is 219 Å². The Kier molecular flexibility index (Phi) is 8.50. The van der Waals surface area contributed by atoms with Crippen molar-refractivity contribution in [2.45, 2.75) is 111 Å². The van der Waals surface area contributed by atoms with Crippen molar-refractivity contribution in [2.24, 2.45) is 0 Å². The maximum absolute atomic E-state index is 11.2. The molecule has 0 aliphatic heterocycles. The summed E-state index contributed by atoms with van der Waals surface area (Å²) >= 11 is 0. The van der Waals surface area contributed by atoms with Crippen molar-refractivity contribution in [1.82, 2.24) is 0 Å². The summed E-state index contributed by atoms with van der Waals surface area (Å²) in [6, 6.07) is 8.52. The van der Waals surface area contributed by atoms with Crippen LogP contribution < -0.4 is 0 Å². The van der Waals surface area contributed by atoms with E-state index >= 15 is 0 Å². The van der Waals surface area contributed by atoms with Gasteiger partial charge in [-0.3, -0.25) is 0 Å². The fraction of sp³-hybridized carbons (Fsp3) is 0.586. The van der Waals surface area contributed by atoms with Gasteiger partial charge in [0.1, 0.15) is 11.5 Å². The van der Waals surface area contributed by atoms with Crippen molar-refractivity contribution in [3.05, 3.63) is 57.6 Å². The molecule has 0 amide bonds. The molecule has 2 rings (SSSR count). The minimum atomic E-state index is -0.175. The average Bonchev–Trinajstić information content (AvgIpc) is 2.53. The van der Waals surface area contributed by atoms with Crippen molar-refractivity contribution < 1.29 is 10.2 Å². The van der Waals surface area contributed by atoms with Gasteiger partial charge in [0.2, 0.25) is 0 Å². The molecule has 0 bridgehead atoms. The predicted octanol–water partition coefficient (Wildman–Crippen LogP) is 7.50. The van der Waals surface area contributed by atoms with E-state index in [1.807, 2.05) is 0 Å². The second-order valence-electron chi connectivity index (χ2n) is 13.2. The Morgan fingerprint density at radius 2 is 0.781 bits per heavy atom. The maximum atomic E-state index is 11.2. The number of benzene rings is 2. The van der Waals surface area contributed by atoms with Crippen LogP contribution >= 0.6 is 0 Å². The number of hydrogen-bond donors (Lipinski definition) is 2. The van der Waals surface area contributed by atoms with Crippen LogP contribution in [-0.2, 0) is 28.1 Å². The third-order valence-corrected chi connectivity index (χ3v) is 6.11. The van der Waals surface area contributed by atoms with Gasteiger partial charge in [0.15, 0.2) is 0 Å². The van der Waals surface area contributed by atoms with Gasteiger partial charge in [-0.05, 0) is 55.0 Å². The standard InChI is InChI=1S/C29H44O2.Na/c1-26(2,3)20-14-18(24(30)22(16-20)28(7,8)9)13-19-15-21(27(4,5)6)17-23(25(19)31)29(10,11)12;/h14-17,30-31H,13H2,1-12H3;. The van der Waals surface area contributed by atoms with Crippen LogP contribution in [-0.4, -0.2) is 39.8 Å². The molecule has 0 heterocycles. The minimum absolute atomic E-state index is 0. The smallest absolute Gasteiger partial charge is 0.122 e. The minimum Gasteiger partial charge on any atom is -0.507 e. The van der Waals surface area contributed by atoms with E-state index in [2.05, 4.69) is 107 Å². The van der Waals surface area contributed by atoms with Crippen LogP contribution in [0.4, 0.5) is 0 Å². The van der Waals surface area contributed by atoms with Gasteiger partial charge in [0.05, 0.1) is 0 Å². The fourth-order valence-corrected chi connectivity index (χ4v) is 3.87. The summed E-state index contributed by atoms with van der Waals surface area (Å²) in [7, 11) is 0. The summed E-state index contributed by atoms with van der Waals surface area (Å²) in [5.74, 6) is 0.691. The number of rotatable bonds is 2. The number of aromatic hydroxyl groups is 2. The first-order chi connectivity index (χ1) is 13.7. The van der Waals surface area contributed by atoms with Crippen LogP contribution in [0.5, 0.6) is 11.5 Å². The van der Waals surface area contributed by atoms with Gasteiger partial charge in [-0.1, -0.05) is 107 Å². The first-order valence-electron chi connectivity index (χ1n) is 11.5. The van der Waals surface area contributed by atoms with Crippen molar-refractivity contribution in [3.63, 3.8) is 0 Å². The second-order valence-corrected chi connectivity index (χ2v) is 13.2. The molecule has 3 heteroatoms. The SMILES string of the molecule is CC(C)(C)c1cc(Cc2cc(C(C)(C)C)cc(C(C)(C)C)c2O)c(O)c(C(C)(C)C)c1.[Na]. The fourth-order valence-electron chi connectivity index (χ4n) is 3.87. The first-order valence-corrected chi connectivity index (χ1v) is 11.5. The monoisotopic (exact) mass is 447 g/mol. The molecule has 0 aliphatic carbocycles. The summed E-state index contributed by atoms with van der Waals surface area (Å²) in [6.07, 6.45) is 0.498. The Morgan fingerprint density at radius 3 is 1.00 bits per heavy atom. The van der Waals surface area contributed by atoms with Gasteiger partial charge < -0.3 is 10.2 Å². The zero-order chi connectivity index (χ0) is 24.2. The molecular formula is C29H44NaO2. The molecule has 0 saturated heterocycles. The summed E-state index contributed by atoms with van der Waals surface area (Å²) in [5.41, 5.74) is 5.65. The number of hydrogen-bond acceptors (Lipinski definition) is 2. The Balaban J connectivity index is 0.00000512. The van der Waals surface area contributed by atoms with Crippen molar-refractivity contribution >= 4 is 29.6 Å². The van der Waals surface area contributed by atoms with E-state index in [0.29, 0.717) is 17.9 Å². The molecule has 0 fully saturated rings. The molecule has 0 atom stereocenters. The predicted molar refractivity (Wildman–Crippen MR) is 140 cm³/mol. The van der Waals surface area contributed by atoms with Gasteiger partial charge in [-0.15, -0.1) is 0 Å². The van der Waals surface area contributed by atoms with Crippen molar-refractivity contribution in [2.75, 3.05) is 0 Å². The third kappa shape index (κ3) is 6.55. The summed E-state index contributed by atoms with van der Waals surface area (Å²) in [5, 5.41) is 22.5. The second kappa shape index (κ2) is 9.35. The molecule has 0 unspecified atom stereocenters. The van der Waals surface area contributed by atoms with E-state index in [1.54, 1.807) is 0 Å². The molecule has 0 saturated carbocycles. The van der Waals surface area contributed by atoms with Gasteiger partial charge in [0.25, 0.3) is 0 Å². The Morgan fingerprint density at radius 1 is 0.500 bits per heavy atom. The summed E-state index contributed by atoms with van der Waals surface area (Å²) in [4.78, 5) is 0. The number of phenols is 2. The van der Waals surface area contributed by atoms with Crippen LogP contribution in [0.15, 0.2) is 24.3 Å². The normalized spacial score (nSPS) is 13.1. The van der Waals surface area contributed by atoms with Crippen LogP contribution in [0.2, 0.25) is 0 Å². The Bertz CT molecular complexity index is 880. The average molecular weight is 448 g/mol. The van der Waals surface area contributed by atoms with Gasteiger partial charge in [-0.25, -0.2) is 0 Å². The van der Waals surface area contributed by atoms with Crippen LogP contribution in [0.1, 0.15) is 116 Å². The molecule has 32 heavy (non-hydrogen) atoms. The molecular weight excluding hydrogens is 403 g/mol. The van der Waals surface area contributed by atoms with E-state index in [-0.39, 0.29) is 51.2 Å². The summed E-state index contributed by atoms with van der Waals surface area (Å²) < 4.78 is 0. The van der Waals surface area contributed by atoms with E-state index in [1.165, 1.54) is 11.1 Å². The molecule has 0 aliphatic rings. The molecule has 2 N–H and O–H groups in total. The zero-order valence-corrected chi connectivity index (χ0v) is 24.9. The van der Waals surface area contributed by atoms with Gasteiger partial charge >= 0.3 is 0 Å². The van der Waals surface area contributed by atoms with E-state index in [4.69, 9.17) is 0 Å². The Hall–Kier alpha value is -0.960. The third-order valence-electron chi connectivity index (χ3n) is 6.11. The van der Waals surface area contributed by atoms with Crippen molar-refractivity contribution in [3.8, 4) is 11.5 Å². The number of phenolic OH excluding ortho intramolecular Hbond substituents is 2. The molecule has 2 aromatic carbocycles. The molecule has 2 aromatic rings. The molecule has 1 radical (unpaired) electrons. The molecule has 0 spiro atoms. The van der Waals surface area contributed by atoms with Crippen molar-refractivity contribution in [1.29, 1.82) is 0 Å². The largest absolute Gasteiger partial charge is 0.507 e. The zero-order valence-electron chi connectivity index (χ0n) is 22.9. The van der Waals surface area contributed by atoms with Crippen LogP contribution in [0.25, 0.3) is 0 Å². The van der Waals surface area contributed by atoms with E-state index < -0.39 is 0 Å². The van der Waals surface area contributed by atoms with Crippen LogP contribution in [0, 0.1) is 0 Å². The van der Waals surface area contributed by atoms with E-state index in [0.717, 1.165) is 22.3 Å². The molecule has 0 aromatic heterocycles. The topological polar surface area (TPSA) is 40.5 Å². The van der Waals surface area contributed by atoms with Gasteiger partial charge in [-0.2, -0.15) is 0 Å². The van der Waals surface area contributed by atoms with E-state index in [9.17, 15) is 10.2 Å². The van der Waals surface area contributed by atoms with Crippen LogP contribution in [0.3, 0.4) is 0 Å². The molecule has 173 valence electrons.